The molecular formula is C16H16N4. The lowest BCUT2D eigenvalue weighted by atomic mass is 10.2. The van der Waals surface area contributed by atoms with Crippen LogP contribution in [-0.4, -0.2) is 14.8 Å². The minimum atomic E-state index is 0.653. The van der Waals surface area contributed by atoms with Gasteiger partial charge in [0.1, 0.15) is 5.82 Å². The lowest BCUT2D eigenvalue weighted by Crippen LogP contribution is -2.06. The number of para-hydroxylation sites is 1. The number of benzene rings is 2. The smallest absolute Gasteiger partial charge is 0.181 e. The Bertz CT molecular complexity index is 674. The van der Waals surface area contributed by atoms with Crippen LogP contribution in [0.5, 0.6) is 0 Å². The summed E-state index contributed by atoms with van der Waals surface area (Å²) in [6.45, 7) is 0.653. The first kappa shape index (κ1) is 12.4. The van der Waals surface area contributed by atoms with Crippen LogP contribution < -0.4 is 5.32 Å². The van der Waals surface area contributed by atoms with E-state index in [2.05, 4.69) is 15.4 Å². The molecule has 1 N–H and O–H groups in total. The first-order chi connectivity index (χ1) is 9.83. The van der Waals surface area contributed by atoms with E-state index < -0.39 is 0 Å². The Hall–Kier alpha value is -2.62. The Morgan fingerprint density at radius 1 is 0.950 bits per heavy atom. The fraction of sp³-hybridized carbons (Fsp3) is 0.125. The molecule has 1 aromatic heterocycles. The molecule has 0 saturated carbocycles. The van der Waals surface area contributed by atoms with Crippen LogP contribution in [-0.2, 0) is 13.6 Å². The molecule has 0 aliphatic carbocycles. The van der Waals surface area contributed by atoms with Crippen LogP contribution in [0.3, 0.4) is 0 Å². The van der Waals surface area contributed by atoms with Crippen LogP contribution in [0.4, 0.5) is 5.69 Å². The zero-order chi connectivity index (χ0) is 13.8. The molecule has 0 saturated heterocycles. The summed E-state index contributed by atoms with van der Waals surface area (Å²) >= 11 is 0. The van der Waals surface area contributed by atoms with E-state index in [9.17, 15) is 0 Å². The molecule has 3 rings (SSSR count). The molecule has 0 atom stereocenters. The molecule has 0 bridgehead atoms. The highest BCUT2D eigenvalue weighted by molar-refractivity contribution is 5.54. The van der Waals surface area contributed by atoms with Gasteiger partial charge in [-0.25, -0.2) is 4.98 Å². The van der Waals surface area contributed by atoms with Crippen molar-refractivity contribution in [3.05, 3.63) is 66.5 Å². The first-order valence-electron chi connectivity index (χ1n) is 6.57. The van der Waals surface area contributed by atoms with E-state index in [0.717, 1.165) is 22.9 Å². The van der Waals surface area contributed by atoms with Gasteiger partial charge in [0.25, 0.3) is 0 Å². The number of rotatable bonds is 4. The lowest BCUT2D eigenvalue weighted by molar-refractivity contribution is 0.713. The van der Waals surface area contributed by atoms with Crippen molar-refractivity contribution in [2.75, 3.05) is 5.32 Å². The van der Waals surface area contributed by atoms with Crippen molar-refractivity contribution in [2.45, 2.75) is 6.54 Å². The normalized spacial score (nSPS) is 10.4. The second-order valence-corrected chi connectivity index (χ2v) is 4.56. The third-order valence-electron chi connectivity index (χ3n) is 3.11. The summed E-state index contributed by atoms with van der Waals surface area (Å²) in [5.41, 5.74) is 2.12. The molecule has 1 heterocycles. The standard InChI is InChI=1S/C16H16N4/c1-20-15(12-17-14-10-6-3-7-11-14)18-16(19-20)13-8-4-2-5-9-13/h2-11,17H,12H2,1H3. The molecule has 20 heavy (non-hydrogen) atoms. The van der Waals surface area contributed by atoms with E-state index in [-0.39, 0.29) is 0 Å². The van der Waals surface area contributed by atoms with Crippen LogP contribution in [0.1, 0.15) is 5.82 Å². The quantitative estimate of drug-likeness (QED) is 0.787. The number of hydrogen-bond donors (Lipinski definition) is 1. The Balaban J connectivity index is 1.76. The summed E-state index contributed by atoms with van der Waals surface area (Å²) < 4.78 is 1.82. The van der Waals surface area contributed by atoms with Gasteiger partial charge in [-0.1, -0.05) is 48.5 Å². The Morgan fingerprint density at radius 2 is 1.60 bits per heavy atom. The van der Waals surface area contributed by atoms with Crippen molar-refractivity contribution < 1.29 is 0 Å². The van der Waals surface area contributed by atoms with Gasteiger partial charge in [0.15, 0.2) is 5.82 Å². The molecule has 0 aliphatic heterocycles. The maximum atomic E-state index is 4.58. The van der Waals surface area contributed by atoms with Gasteiger partial charge >= 0.3 is 0 Å². The van der Waals surface area contributed by atoms with Crippen molar-refractivity contribution in [1.29, 1.82) is 0 Å². The summed E-state index contributed by atoms with van der Waals surface area (Å²) in [6.07, 6.45) is 0. The molecule has 4 nitrogen and oxygen atoms in total. The Labute approximate surface area is 118 Å². The predicted molar refractivity (Wildman–Crippen MR) is 80.2 cm³/mol. The summed E-state index contributed by atoms with van der Waals surface area (Å²) in [4.78, 5) is 4.58. The zero-order valence-electron chi connectivity index (χ0n) is 11.3. The predicted octanol–water partition coefficient (Wildman–Crippen LogP) is 3.09. The third kappa shape index (κ3) is 2.69. The summed E-state index contributed by atoms with van der Waals surface area (Å²) in [5, 5.41) is 7.80. The van der Waals surface area contributed by atoms with Crippen LogP contribution in [0, 0.1) is 0 Å². The van der Waals surface area contributed by atoms with Crippen molar-refractivity contribution in [1.82, 2.24) is 14.8 Å². The van der Waals surface area contributed by atoms with Crippen molar-refractivity contribution in [2.24, 2.45) is 7.05 Å². The average Bonchev–Trinajstić information content (AvgIpc) is 2.88. The van der Waals surface area contributed by atoms with E-state index in [0.29, 0.717) is 6.54 Å². The molecule has 0 radical (unpaired) electrons. The molecule has 100 valence electrons. The number of hydrogen-bond acceptors (Lipinski definition) is 3. The first-order valence-corrected chi connectivity index (χ1v) is 6.57. The van der Waals surface area contributed by atoms with Gasteiger partial charge in [-0.15, -0.1) is 0 Å². The van der Waals surface area contributed by atoms with Crippen molar-refractivity contribution in [3.8, 4) is 11.4 Å². The van der Waals surface area contributed by atoms with Gasteiger partial charge in [0.05, 0.1) is 6.54 Å². The Morgan fingerprint density at radius 3 is 2.30 bits per heavy atom. The van der Waals surface area contributed by atoms with Gasteiger partial charge in [0.2, 0.25) is 0 Å². The molecule has 3 aromatic rings. The fourth-order valence-corrected chi connectivity index (χ4v) is 2.02. The van der Waals surface area contributed by atoms with E-state index in [1.807, 2.05) is 72.4 Å². The lowest BCUT2D eigenvalue weighted by Gasteiger charge is -2.04. The maximum Gasteiger partial charge on any atom is 0.181 e. The van der Waals surface area contributed by atoms with Gasteiger partial charge in [-0.2, -0.15) is 5.10 Å². The van der Waals surface area contributed by atoms with Gasteiger partial charge in [0, 0.05) is 18.3 Å². The highest BCUT2D eigenvalue weighted by Crippen LogP contribution is 2.15. The average molecular weight is 264 g/mol. The second-order valence-electron chi connectivity index (χ2n) is 4.56. The second kappa shape index (κ2) is 5.57. The molecule has 0 amide bonds. The fourth-order valence-electron chi connectivity index (χ4n) is 2.02. The van der Waals surface area contributed by atoms with E-state index in [1.54, 1.807) is 0 Å². The molecular weight excluding hydrogens is 248 g/mol. The SMILES string of the molecule is Cn1nc(-c2ccccc2)nc1CNc1ccccc1. The number of nitrogens with one attached hydrogen (secondary N) is 1. The molecule has 2 aromatic carbocycles. The molecule has 4 heteroatoms. The van der Waals surface area contributed by atoms with Crippen molar-refractivity contribution >= 4 is 5.69 Å². The van der Waals surface area contributed by atoms with Gasteiger partial charge < -0.3 is 5.32 Å². The largest absolute Gasteiger partial charge is 0.378 e. The van der Waals surface area contributed by atoms with Crippen LogP contribution in [0.25, 0.3) is 11.4 Å². The van der Waals surface area contributed by atoms with Gasteiger partial charge in [-0.3, -0.25) is 4.68 Å². The zero-order valence-corrected chi connectivity index (χ0v) is 11.3. The van der Waals surface area contributed by atoms with Gasteiger partial charge in [-0.05, 0) is 12.1 Å². The van der Waals surface area contributed by atoms with Crippen molar-refractivity contribution in [3.63, 3.8) is 0 Å². The van der Waals surface area contributed by atoms with E-state index >= 15 is 0 Å². The number of aryl methyl sites for hydroxylation is 1. The number of nitrogens with zero attached hydrogens (tertiary/aromatic N) is 3. The highest BCUT2D eigenvalue weighted by atomic mass is 15.3. The molecule has 0 aliphatic rings. The number of anilines is 1. The van der Waals surface area contributed by atoms with Crippen LogP contribution >= 0.6 is 0 Å². The minimum Gasteiger partial charge on any atom is -0.378 e. The maximum absolute atomic E-state index is 4.58. The Kier molecular flexibility index (Phi) is 3.46. The third-order valence-corrected chi connectivity index (χ3v) is 3.11. The van der Waals surface area contributed by atoms with E-state index in [4.69, 9.17) is 0 Å². The molecule has 0 spiro atoms. The summed E-state index contributed by atoms with van der Waals surface area (Å²) in [7, 11) is 1.92. The summed E-state index contributed by atoms with van der Waals surface area (Å²) in [6, 6.07) is 20.1. The highest BCUT2D eigenvalue weighted by Gasteiger charge is 2.08. The van der Waals surface area contributed by atoms with Crippen LogP contribution in [0.15, 0.2) is 60.7 Å². The monoisotopic (exact) mass is 264 g/mol. The topological polar surface area (TPSA) is 42.7 Å². The molecule has 0 unspecified atom stereocenters. The van der Waals surface area contributed by atoms with E-state index in [1.165, 1.54) is 0 Å². The van der Waals surface area contributed by atoms with Crippen LogP contribution in [0.2, 0.25) is 0 Å². The minimum absolute atomic E-state index is 0.653. The summed E-state index contributed by atoms with van der Waals surface area (Å²) in [5.74, 6) is 1.67. The molecule has 0 fully saturated rings. The number of aromatic nitrogens is 3.